The maximum Gasteiger partial charge on any atom is 0.338 e. The Morgan fingerprint density at radius 1 is 1.07 bits per heavy atom. The Hall–Kier alpha value is -3.48. The van der Waals surface area contributed by atoms with Crippen molar-refractivity contribution in [2.75, 3.05) is 6.54 Å². The summed E-state index contributed by atoms with van der Waals surface area (Å²) in [5, 5.41) is 6.83. The van der Waals surface area contributed by atoms with Gasteiger partial charge in [0.2, 0.25) is 0 Å². The van der Waals surface area contributed by atoms with Gasteiger partial charge in [-0.25, -0.2) is 14.5 Å². The van der Waals surface area contributed by atoms with Crippen molar-refractivity contribution in [3.8, 4) is 0 Å². The second-order valence-corrected chi connectivity index (χ2v) is 6.36. The van der Waals surface area contributed by atoms with E-state index >= 15 is 0 Å². The highest BCUT2D eigenvalue weighted by Gasteiger charge is 2.18. The number of nitrogens with one attached hydrogen (secondary N) is 1. The molecule has 0 aliphatic carbocycles. The second-order valence-electron chi connectivity index (χ2n) is 6.36. The summed E-state index contributed by atoms with van der Waals surface area (Å²) in [5.74, 6) is -0.843. The number of aromatic nitrogens is 3. The molecule has 0 fully saturated rings. The fourth-order valence-electron chi connectivity index (χ4n) is 2.65. The Labute approximate surface area is 163 Å². The topological polar surface area (TPSA) is 86.1 Å². The molecule has 0 saturated carbocycles. The van der Waals surface area contributed by atoms with Crippen LogP contribution in [0.1, 0.15) is 28.4 Å². The van der Waals surface area contributed by atoms with Gasteiger partial charge in [0.1, 0.15) is 12.7 Å². The molecule has 0 aliphatic rings. The first-order valence-electron chi connectivity index (χ1n) is 9.06. The summed E-state index contributed by atoms with van der Waals surface area (Å²) < 4.78 is 6.96. The Balaban J connectivity index is 1.45. The number of nitrogens with zero attached hydrogens (tertiary/aromatic N) is 3. The number of rotatable bonds is 8. The average molecular weight is 378 g/mol. The molecule has 1 amide bonds. The fraction of sp³-hybridized carbons (Fsp3) is 0.238. The van der Waals surface area contributed by atoms with Gasteiger partial charge in [0.15, 0.2) is 6.10 Å². The summed E-state index contributed by atoms with van der Waals surface area (Å²) >= 11 is 0. The SMILES string of the molecule is CC(OC(=O)c1ccc(Cn2cncn2)cc1)C(=O)NCCc1ccccc1. The van der Waals surface area contributed by atoms with Crippen LogP contribution in [0, 0.1) is 0 Å². The van der Waals surface area contributed by atoms with Crippen LogP contribution in [-0.2, 0) is 22.5 Å². The normalized spacial score (nSPS) is 11.6. The fourth-order valence-corrected chi connectivity index (χ4v) is 2.65. The molecule has 7 nitrogen and oxygen atoms in total. The first-order chi connectivity index (χ1) is 13.6. The molecule has 0 bridgehead atoms. The van der Waals surface area contributed by atoms with Crippen molar-refractivity contribution in [3.05, 3.63) is 83.9 Å². The third-order valence-electron chi connectivity index (χ3n) is 4.21. The van der Waals surface area contributed by atoms with Crippen LogP contribution >= 0.6 is 0 Å². The van der Waals surface area contributed by atoms with Crippen LogP contribution in [-0.4, -0.2) is 39.3 Å². The lowest BCUT2D eigenvalue weighted by Gasteiger charge is -2.14. The van der Waals surface area contributed by atoms with E-state index in [0.29, 0.717) is 18.7 Å². The van der Waals surface area contributed by atoms with Crippen LogP contribution in [0.2, 0.25) is 0 Å². The molecule has 0 aliphatic heterocycles. The highest BCUT2D eigenvalue weighted by atomic mass is 16.5. The average Bonchev–Trinajstić information content (AvgIpc) is 3.22. The molecule has 1 N–H and O–H groups in total. The van der Waals surface area contributed by atoms with E-state index in [0.717, 1.165) is 17.5 Å². The molecule has 1 heterocycles. The Morgan fingerprint density at radius 3 is 2.50 bits per heavy atom. The molecule has 0 spiro atoms. The van der Waals surface area contributed by atoms with Crippen LogP contribution < -0.4 is 5.32 Å². The van der Waals surface area contributed by atoms with Crippen LogP contribution in [0.3, 0.4) is 0 Å². The zero-order chi connectivity index (χ0) is 19.8. The van der Waals surface area contributed by atoms with Gasteiger partial charge >= 0.3 is 5.97 Å². The molecule has 0 saturated heterocycles. The van der Waals surface area contributed by atoms with Crippen molar-refractivity contribution >= 4 is 11.9 Å². The van der Waals surface area contributed by atoms with Crippen molar-refractivity contribution in [1.29, 1.82) is 0 Å². The molecule has 1 unspecified atom stereocenters. The maximum atomic E-state index is 12.3. The van der Waals surface area contributed by atoms with Crippen molar-refractivity contribution < 1.29 is 14.3 Å². The Morgan fingerprint density at radius 2 is 1.82 bits per heavy atom. The van der Waals surface area contributed by atoms with E-state index in [-0.39, 0.29) is 5.91 Å². The van der Waals surface area contributed by atoms with Crippen molar-refractivity contribution in [2.45, 2.75) is 26.0 Å². The summed E-state index contributed by atoms with van der Waals surface area (Å²) in [7, 11) is 0. The third-order valence-corrected chi connectivity index (χ3v) is 4.21. The van der Waals surface area contributed by atoms with Gasteiger partial charge in [0.05, 0.1) is 12.1 Å². The van der Waals surface area contributed by atoms with E-state index < -0.39 is 12.1 Å². The summed E-state index contributed by atoms with van der Waals surface area (Å²) in [5.41, 5.74) is 2.51. The molecule has 3 rings (SSSR count). The van der Waals surface area contributed by atoms with Crippen molar-refractivity contribution in [2.24, 2.45) is 0 Å². The smallest absolute Gasteiger partial charge is 0.338 e. The summed E-state index contributed by atoms with van der Waals surface area (Å²) in [6, 6.07) is 16.9. The van der Waals surface area contributed by atoms with Gasteiger partial charge in [0.25, 0.3) is 5.91 Å². The second kappa shape index (κ2) is 9.45. The van der Waals surface area contributed by atoms with E-state index in [4.69, 9.17) is 4.74 Å². The molecule has 7 heteroatoms. The molecule has 3 aromatic rings. The summed E-state index contributed by atoms with van der Waals surface area (Å²) in [6.07, 6.45) is 2.96. The monoisotopic (exact) mass is 378 g/mol. The number of ether oxygens (including phenoxy) is 1. The van der Waals surface area contributed by atoms with Crippen LogP contribution in [0.4, 0.5) is 0 Å². The molecule has 28 heavy (non-hydrogen) atoms. The molecule has 0 radical (unpaired) electrons. The van der Waals surface area contributed by atoms with Gasteiger partial charge in [-0.3, -0.25) is 4.79 Å². The van der Waals surface area contributed by atoms with Gasteiger partial charge < -0.3 is 10.1 Å². The lowest BCUT2D eigenvalue weighted by molar-refractivity contribution is -0.129. The van der Waals surface area contributed by atoms with E-state index in [2.05, 4.69) is 15.4 Å². The minimum atomic E-state index is -0.863. The predicted octanol–water partition coefficient (Wildman–Crippen LogP) is 2.23. The molecular formula is C21H22N4O3. The highest BCUT2D eigenvalue weighted by Crippen LogP contribution is 2.09. The lowest BCUT2D eigenvalue weighted by atomic mass is 10.1. The zero-order valence-electron chi connectivity index (χ0n) is 15.6. The van der Waals surface area contributed by atoms with E-state index in [9.17, 15) is 9.59 Å². The van der Waals surface area contributed by atoms with Crippen LogP contribution in [0.5, 0.6) is 0 Å². The molecule has 2 aromatic carbocycles. The Kier molecular flexibility index (Phi) is 6.51. The first-order valence-corrected chi connectivity index (χ1v) is 9.06. The minimum absolute atomic E-state index is 0.313. The van der Waals surface area contributed by atoms with E-state index in [1.807, 2.05) is 42.5 Å². The number of hydrogen-bond acceptors (Lipinski definition) is 5. The van der Waals surface area contributed by atoms with E-state index in [1.54, 1.807) is 30.1 Å². The van der Waals surface area contributed by atoms with Crippen molar-refractivity contribution in [3.63, 3.8) is 0 Å². The molecule has 1 atom stereocenters. The largest absolute Gasteiger partial charge is 0.449 e. The van der Waals surface area contributed by atoms with Crippen LogP contribution in [0.15, 0.2) is 67.3 Å². The number of carbonyl (C=O) groups excluding carboxylic acids is 2. The van der Waals surface area contributed by atoms with Crippen LogP contribution in [0.25, 0.3) is 0 Å². The summed E-state index contributed by atoms with van der Waals surface area (Å²) in [4.78, 5) is 28.3. The first kappa shape index (κ1) is 19.3. The van der Waals surface area contributed by atoms with Gasteiger partial charge in [-0.1, -0.05) is 42.5 Å². The van der Waals surface area contributed by atoms with Gasteiger partial charge in [-0.2, -0.15) is 5.10 Å². The standard InChI is InChI=1S/C21H22N4O3/c1-16(20(26)23-12-11-17-5-3-2-4-6-17)28-21(27)19-9-7-18(8-10-19)13-25-15-22-14-24-25/h2-10,14-16H,11-13H2,1H3,(H,23,26). The number of esters is 1. The lowest BCUT2D eigenvalue weighted by Crippen LogP contribution is -2.36. The van der Waals surface area contributed by atoms with E-state index in [1.165, 1.54) is 6.33 Å². The number of benzene rings is 2. The summed E-state index contributed by atoms with van der Waals surface area (Å²) in [6.45, 7) is 2.62. The maximum absolute atomic E-state index is 12.3. The van der Waals surface area contributed by atoms with Crippen molar-refractivity contribution in [1.82, 2.24) is 20.1 Å². The van der Waals surface area contributed by atoms with Gasteiger partial charge in [-0.05, 0) is 36.6 Å². The molecular weight excluding hydrogens is 356 g/mol. The van der Waals surface area contributed by atoms with Gasteiger partial charge in [0, 0.05) is 6.54 Å². The number of amides is 1. The minimum Gasteiger partial charge on any atom is -0.449 e. The quantitative estimate of drug-likeness (QED) is 0.608. The predicted molar refractivity (Wildman–Crippen MR) is 104 cm³/mol. The molecule has 144 valence electrons. The van der Waals surface area contributed by atoms with Gasteiger partial charge in [-0.15, -0.1) is 0 Å². The Bertz CT molecular complexity index is 893. The highest BCUT2D eigenvalue weighted by molar-refractivity contribution is 5.92. The number of carbonyl (C=O) groups is 2. The number of hydrogen-bond donors (Lipinski definition) is 1. The zero-order valence-corrected chi connectivity index (χ0v) is 15.6. The third kappa shape index (κ3) is 5.51. The molecule has 1 aromatic heterocycles.